The summed E-state index contributed by atoms with van der Waals surface area (Å²) in [7, 11) is 1.80. The molecule has 17 heavy (non-hydrogen) atoms. The molecule has 0 atom stereocenters. The molecule has 0 aliphatic carbocycles. The van der Waals surface area contributed by atoms with Crippen molar-refractivity contribution in [2.24, 2.45) is 0 Å². The van der Waals surface area contributed by atoms with E-state index in [2.05, 4.69) is 12.2 Å². The molecule has 0 fully saturated rings. The Balaban J connectivity index is 2.61. The molecule has 0 spiro atoms. The van der Waals surface area contributed by atoms with E-state index in [1.807, 2.05) is 19.1 Å². The third-order valence-electron chi connectivity index (χ3n) is 2.62. The summed E-state index contributed by atoms with van der Waals surface area (Å²) < 4.78 is 0. The average molecular weight is 255 g/mol. The van der Waals surface area contributed by atoms with Gasteiger partial charge in [0.25, 0.3) is 0 Å². The minimum absolute atomic E-state index is 0.0797. The molecule has 0 bridgehead atoms. The predicted molar refractivity (Wildman–Crippen MR) is 72.7 cm³/mol. The molecule has 0 aromatic heterocycles. The van der Waals surface area contributed by atoms with Gasteiger partial charge in [0.2, 0.25) is 0 Å². The van der Waals surface area contributed by atoms with Crippen LogP contribution in [0.15, 0.2) is 18.2 Å². The molecule has 0 saturated carbocycles. The second-order valence-electron chi connectivity index (χ2n) is 4.16. The first-order valence-electron chi connectivity index (χ1n) is 5.83. The van der Waals surface area contributed by atoms with Gasteiger partial charge in [0, 0.05) is 24.3 Å². The number of anilines is 1. The summed E-state index contributed by atoms with van der Waals surface area (Å²) in [6.07, 6.45) is 2.10. The standard InChI is InChI=1S/C13H19ClN2O/c1-4-5-8-16(3)13(17)15-12-7-6-11(14)9-10(12)2/h6-7,9H,4-5,8H2,1-3H3,(H,15,17). The van der Waals surface area contributed by atoms with Gasteiger partial charge in [-0.15, -0.1) is 0 Å². The van der Waals surface area contributed by atoms with Crippen LogP contribution in [0.1, 0.15) is 25.3 Å². The number of halogens is 1. The molecule has 1 aromatic rings. The number of urea groups is 1. The molecule has 1 aromatic carbocycles. The molecule has 0 aliphatic heterocycles. The minimum Gasteiger partial charge on any atom is -0.328 e. The highest BCUT2D eigenvalue weighted by atomic mass is 35.5. The van der Waals surface area contributed by atoms with Crippen LogP contribution in [-0.4, -0.2) is 24.5 Å². The van der Waals surface area contributed by atoms with Gasteiger partial charge in [-0.2, -0.15) is 0 Å². The molecule has 2 amide bonds. The van der Waals surface area contributed by atoms with Crippen molar-refractivity contribution in [2.75, 3.05) is 18.9 Å². The zero-order valence-electron chi connectivity index (χ0n) is 10.6. The average Bonchev–Trinajstić information content (AvgIpc) is 2.29. The number of amides is 2. The van der Waals surface area contributed by atoms with E-state index >= 15 is 0 Å². The number of benzene rings is 1. The number of rotatable bonds is 4. The summed E-state index contributed by atoms with van der Waals surface area (Å²) in [5, 5.41) is 3.55. The second kappa shape index (κ2) is 6.50. The molecular formula is C13H19ClN2O. The largest absolute Gasteiger partial charge is 0.328 e. The van der Waals surface area contributed by atoms with Gasteiger partial charge >= 0.3 is 6.03 Å². The van der Waals surface area contributed by atoms with Crippen molar-refractivity contribution < 1.29 is 4.79 Å². The van der Waals surface area contributed by atoms with Crippen molar-refractivity contribution in [1.29, 1.82) is 0 Å². The Hall–Kier alpha value is -1.22. The normalized spacial score (nSPS) is 10.1. The minimum atomic E-state index is -0.0797. The van der Waals surface area contributed by atoms with Gasteiger partial charge in [-0.05, 0) is 37.1 Å². The van der Waals surface area contributed by atoms with E-state index in [9.17, 15) is 4.79 Å². The van der Waals surface area contributed by atoms with Gasteiger partial charge < -0.3 is 10.2 Å². The number of hydrogen-bond acceptors (Lipinski definition) is 1. The lowest BCUT2D eigenvalue weighted by Crippen LogP contribution is -2.32. The summed E-state index contributed by atoms with van der Waals surface area (Å²) in [6.45, 7) is 4.80. The van der Waals surface area contributed by atoms with Gasteiger partial charge in [-0.3, -0.25) is 0 Å². The molecule has 0 unspecified atom stereocenters. The lowest BCUT2D eigenvalue weighted by Gasteiger charge is -2.18. The Labute approximate surface area is 108 Å². The van der Waals surface area contributed by atoms with E-state index in [1.54, 1.807) is 18.0 Å². The van der Waals surface area contributed by atoms with Gasteiger partial charge in [-0.1, -0.05) is 24.9 Å². The van der Waals surface area contributed by atoms with Crippen molar-refractivity contribution >= 4 is 23.3 Å². The molecule has 94 valence electrons. The fraction of sp³-hybridized carbons (Fsp3) is 0.462. The van der Waals surface area contributed by atoms with Gasteiger partial charge in [0.15, 0.2) is 0 Å². The Morgan fingerprint density at radius 1 is 1.47 bits per heavy atom. The monoisotopic (exact) mass is 254 g/mol. The maximum absolute atomic E-state index is 11.8. The summed E-state index contributed by atoms with van der Waals surface area (Å²) in [5.74, 6) is 0. The highest BCUT2D eigenvalue weighted by Crippen LogP contribution is 2.19. The van der Waals surface area contributed by atoms with Crippen molar-refractivity contribution in [2.45, 2.75) is 26.7 Å². The van der Waals surface area contributed by atoms with Crippen LogP contribution < -0.4 is 5.32 Å². The van der Waals surface area contributed by atoms with Crippen molar-refractivity contribution in [1.82, 2.24) is 4.90 Å². The zero-order valence-corrected chi connectivity index (χ0v) is 11.3. The molecule has 1 rings (SSSR count). The molecule has 0 saturated heterocycles. The number of nitrogens with zero attached hydrogens (tertiary/aromatic N) is 1. The van der Waals surface area contributed by atoms with E-state index < -0.39 is 0 Å². The maximum Gasteiger partial charge on any atom is 0.321 e. The Kier molecular flexibility index (Phi) is 5.29. The molecule has 0 heterocycles. The van der Waals surface area contributed by atoms with Crippen molar-refractivity contribution in [3.8, 4) is 0 Å². The molecule has 0 aliphatic rings. The van der Waals surface area contributed by atoms with Crippen LogP contribution in [0.25, 0.3) is 0 Å². The number of hydrogen-bond donors (Lipinski definition) is 1. The summed E-state index contributed by atoms with van der Waals surface area (Å²) in [4.78, 5) is 13.5. The van der Waals surface area contributed by atoms with Crippen molar-refractivity contribution in [3.63, 3.8) is 0 Å². The zero-order chi connectivity index (χ0) is 12.8. The maximum atomic E-state index is 11.8. The van der Waals surface area contributed by atoms with Crippen LogP contribution in [0.2, 0.25) is 5.02 Å². The van der Waals surface area contributed by atoms with Crippen LogP contribution in [0.3, 0.4) is 0 Å². The van der Waals surface area contributed by atoms with Crippen LogP contribution in [0.4, 0.5) is 10.5 Å². The lowest BCUT2D eigenvalue weighted by molar-refractivity contribution is 0.222. The summed E-state index contributed by atoms with van der Waals surface area (Å²) >= 11 is 5.86. The molecule has 1 N–H and O–H groups in total. The Morgan fingerprint density at radius 3 is 2.76 bits per heavy atom. The highest BCUT2D eigenvalue weighted by molar-refractivity contribution is 6.30. The summed E-state index contributed by atoms with van der Waals surface area (Å²) in [5.41, 5.74) is 1.78. The number of aryl methyl sites for hydroxylation is 1. The highest BCUT2D eigenvalue weighted by Gasteiger charge is 2.09. The van der Waals surface area contributed by atoms with Crippen LogP contribution >= 0.6 is 11.6 Å². The first kappa shape index (κ1) is 13.8. The fourth-order valence-corrected chi connectivity index (χ4v) is 1.70. The SMILES string of the molecule is CCCCN(C)C(=O)Nc1ccc(Cl)cc1C. The second-order valence-corrected chi connectivity index (χ2v) is 4.60. The van der Waals surface area contributed by atoms with Crippen molar-refractivity contribution in [3.05, 3.63) is 28.8 Å². The quantitative estimate of drug-likeness (QED) is 0.868. The Bertz CT molecular complexity index is 393. The van der Waals surface area contributed by atoms with Gasteiger partial charge in [0.05, 0.1) is 0 Å². The van der Waals surface area contributed by atoms with Gasteiger partial charge in [0.1, 0.15) is 0 Å². The van der Waals surface area contributed by atoms with Crippen LogP contribution in [-0.2, 0) is 0 Å². The van der Waals surface area contributed by atoms with E-state index in [4.69, 9.17) is 11.6 Å². The van der Waals surface area contributed by atoms with Crippen LogP contribution in [0, 0.1) is 6.92 Å². The number of nitrogens with one attached hydrogen (secondary N) is 1. The first-order valence-corrected chi connectivity index (χ1v) is 6.20. The molecule has 4 heteroatoms. The smallest absolute Gasteiger partial charge is 0.321 e. The van der Waals surface area contributed by atoms with E-state index in [0.29, 0.717) is 5.02 Å². The number of carbonyl (C=O) groups is 1. The fourth-order valence-electron chi connectivity index (χ4n) is 1.47. The Morgan fingerprint density at radius 2 is 2.18 bits per heavy atom. The van der Waals surface area contributed by atoms with E-state index in [-0.39, 0.29) is 6.03 Å². The van der Waals surface area contributed by atoms with E-state index in [0.717, 1.165) is 30.6 Å². The molecule has 0 radical (unpaired) electrons. The third kappa shape index (κ3) is 4.27. The molecule has 3 nitrogen and oxygen atoms in total. The third-order valence-corrected chi connectivity index (χ3v) is 2.86. The van der Waals surface area contributed by atoms with Gasteiger partial charge in [-0.25, -0.2) is 4.79 Å². The van der Waals surface area contributed by atoms with Crippen LogP contribution in [0.5, 0.6) is 0 Å². The summed E-state index contributed by atoms with van der Waals surface area (Å²) in [6, 6.07) is 5.35. The molecular weight excluding hydrogens is 236 g/mol. The predicted octanol–water partition coefficient (Wildman–Crippen LogP) is 3.91. The topological polar surface area (TPSA) is 32.3 Å². The number of carbonyl (C=O) groups excluding carboxylic acids is 1. The first-order chi connectivity index (χ1) is 8.04. The number of unbranched alkanes of at least 4 members (excludes halogenated alkanes) is 1. The lowest BCUT2D eigenvalue weighted by atomic mass is 10.2. The van der Waals surface area contributed by atoms with E-state index in [1.165, 1.54) is 0 Å².